The molecule has 3 aliphatic rings. The number of hydrogen-bond acceptors (Lipinski definition) is 4. The Balaban J connectivity index is 1.45. The van der Waals surface area contributed by atoms with Crippen molar-refractivity contribution >= 4 is 22.5 Å². The van der Waals surface area contributed by atoms with E-state index >= 15 is 0 Å². The lowest BCUT2D eigenvalue weighted by Gasteiger charge is -2.52. The van der Waals surface area contributed by atoms with Crippen molar-refractivity contribution in [3.05, 3.63) is 71.3 Å². The van der Waals surface area contributed by atoms with Gasteiger partial charge < -0.3 is 14.6 Å². The van der Waals surface area contributed by atoms with E-state index < -0.39 is 0 Å². The van der Waals surface area contributed by atoms with Crippen molar-refractivity contribution in [2.45, 2.75) is 102 Å². The van der Waals surface area contributed by atoms with Gasteiger partial charge in [-0.1, -0.05) is 59.1 Å². The number of hydrogen-bond donors (Lipinski definition) is 1. The Morgan fingerprint density at radius 3 is 2.11 bits per heavy atom. The third-order valence-corrected chi connectivity index (χ3v) is 12.2. The largest absolute Gasteiger partial charge is 0.507 e. The molecule has 7 rings (SSSR count). The van der Waals surface area contributed by atoms with Crippen molar-refractivity contribution in [2.75, 3.05) is 14.2 Å². The predicted molar refractivity (Wildman–Crippen MR) is 189 cm³/mol. The molecule has 0 radical (unpaired) electrons. The van der Waals surface area contributed by atoms with Gasteiger partial charge in [-0.15, -0.1) is 11.8 Å². The van der Waals surface area contributed by atoms with Crippen LogP contribution in [0.15, 0.2) is 59.5 Å². The van der Waals surface area contributed by atoms with E-state index in [9.17, 15) is 5.11 Å². The number of aryl methyl sites for hydroxylation is 1. The summed E-state index contributed by atoms with van der Waals surface area (Å²) in [5, 5.41) is 14.6. The van der Waals surface area contributed by atoms with Gasteiger partial charge >= 0.3 is 0 Å². The molecule has 4 heteroatoms. The number of benzene rings is 4. The third kappa shape index (κ3) is 5.22. The number of phenolic OH excluding ortho intramolecular Hbond substituents is 1. The van der Waals surface area contributed by atoms with Crippen molar-refractivity contribution < 1.29 is 14.6 Å². The summed E-state index contributed by atoms with van der Waals surface area (Å²) in [5.41, 5.74) is 8.92. The molecule has 3 nitrogen and oxygen atoms in total. The Morgan fingerprint density at radius 1 is 0.711 bits per heavy atom. The van der Waals surface area contributed by atoms with E-state index in [1.165, 1.54) is 65.7 Å². The van der Waals surface area contributed by atoms with Crippen molar-refractivity contribution in [3.8, 4) is 39.5 Å². The number of ether oxygens (including phenoxy) is 2. The number of aromatic hydroxyl groups is 1. The van der Waals surface area contributed by atoms with Crippen LogP contribution < -0.4 is 9.47 Å². The first-order valence-corrected chi connectivity index (χ1v) is 17.7. The first kappa shape index (κ1) is 30.5. The Labute approximate surface area is 273 Å². The molecule has 2 fully saturated rings. The van der Waals surface area contributed by atoms with Gasteiger partial charge in [0.25, 0.3) is 0 Å². The number of thioether (sulfide) groups is 1. The van der Waals surface area contributed by atoms with Crippen molar-refractivity contribution in [1.29, 1.82) is 0 Å². The molecular formula is C41H48O3S. The summed E-state index contributed by atoms with van der Waals surface area (Å²) in [6.45, 7) is 12.0. The summed E-state index contributed by atoms with van der Waals surface area (Å²) in [6, 6.07) is 19.9. The highest BCUT2D eigenvalue weighted by atomic mass is 32.2. The summed E-state index contributed by atoms with van der Waals surface area (Å²) in [7, 11) is 3.37. The molecule has 0 amide bonds. The highest BCUT2D eigenvalue weighted by Gasteiger charge is 2.54. The summed E-state index contributed by atoms with van der Waals surface area (Å²) < 4.78 is 11.3. The van der Waals surface area contributed by atoms with Crippen molar-refractivity contribution in [3.63, 3.8) is 0 Å². The van der Waals surface area contributed by atoms with Crippen LogP contribution in [0.3, 0.4) is 0 Å². The molecule has 2 saturated carbocycles. The summed E-state index contributed by atoms with van der Waals surface area (Å²) in [6.07, 6.45) is 10.1. The number of rotatable bonds is 5. The van der Waals surface area contributed by atoms with Crippen LogP contribution in [0.2, 0.25) is 0 Å². The standard InChI is InChI=1S/C41H48O3S/c1-25-17-33-32(20-31(25)29-15-13-26(43-6)18-37(29)44-7)36(42)21-35-38(33)30-16-14-28(45-27-11-9-8-10-12-27)19-34(30)41(35)23-39(2,3)22-40(4,5)24-41/h13-21,27,42H,8-12,22-24H2,1-7H3. The van der Waals surface area contributed by atoms with E-state index in [1.54, 1.807) is 14.2 Å². The SMILES string of the molecule is COc1ccc(-c2cc3c(O)cc4c(c3cc2C)-c2ccc(SC3CCCCC3)cc2C42CC(C)(C)CC(C)(C)C2)c(OC)c1. The molecule has 4 aromatic carbocycles. The number of methoxy groups -OCH3 is 2. The van der Waals surface area contributed by atoms with E-state index in [0.29, 0.717) is 5.75 Å². The van der Waals surface area contributed by atoms with Crippen LogP contribution >= 0.6 is 11.8 Å². The molecule has 0 saturated heterocycles. The Kier molecular flexibility index (Phi) is 7.47. The minimum Gasteiger partial charge on any atom is -0.507 e. The fraction of sp³-hybridized carbons (Fsp3) is 0.463. The quantitative estimate of drug-likeness (QED) is 0.241. The molecular weight excluding hydrogens is 573 g/mol. The maximum absolute atomic E-state index is 11.9. The lowest BCUT2D eigenvalue weighted by Crippen LogP contribution is -2.43. The maximum Gasteiger partial charge on any atom is 0.130 e. The van der Waals surface area contributed by atoms with E-state index in [0.717, 1.165) is 57.1 Å². The summed E-state index contributed by atoms with van der Waals surface area (Å²) >= 11 is 2.10. The number of fused-ring (bicyclic) bond motifs is 7. The van der Waals surface area contributed by atoms with Crippen molar-refractivity contribution in [1.82, 2.24) is 0 Å². The lowest BCUT2D eigenvalue weighted by molar-refractivity contribution is 0.0644. The molecule has 0 atom stereocenters. The molecule has 0 bridgehead atoms. The molecule has 45 heavy (non-hydrogen) atoms. The molecule has 3 aliphatic carbocycles. The molecule has 0 aliphatic heterocycles. The Bertz CT molecular complexity index is 1780. The first-order chi connectivity index (χ1) is 21.4. The fourth-order valence-corrected chi connectivity index (χ4v) is 11.1. The van der Waals surface area contributed by atoms with Crippen LogP contribution in [0.4, 0.5) is 0 Å². The highest BCUT2D eigenvalue weighted by molar-refractivity contribution is 8.00. The molecule has 0 unspecified atom stereocenters. The van der Waals surface area contributed by atoms with E-state index in [4.69, 9.17) is 9.47 Å². The van der Waals surface area contributed by atoms with Gasteiger partial charge in [0.05, 0.1) is 14.2 Å². The van der Waals surface area contributed by atoms with Gasteiger partial charge in [-0.2, -0.15) is 0 Å². The van der Waals surface area contributed by atoms with Gasteiger partial charge in [-0.05, 0) is 125 Å². The minimum atomic E-state index is -0.128. The Hall–Kier alpha value is -3.11. The zero-order valence-electron chi connectivity index (χ0n) is 28.1. The van der Waals surface area contributed by atoms with Crippen LogP contribution in [0, 0.1) is 17.8 Å². The predicted octanol–water partition coefficient (Wildman–Crippen LogP) is 11.5. The summed E-state index contributed by atoms with van der Waals surface area (Å²) in [5.74, 6) is 1.88. The molecule has 236 valence electrons. The van der Waals surface area contributed by atoms with Crippen LogP contribution in [0.5, 0.6) is 17.2 Å². The van der Waals surface area contributed by atoms with Gasteiger partial charge in [-0.25, -0.2) is 0 Å². The molecule has 0 heterocycles. The topological polar surface area (TPSA) is 38.7 Å². The zero-order chi connectivity index (χ0) is 31.7. The second-order valence-corrected chi connectivity index (χ2v) is 17.0. The van der Waals surface area contributed by atoms with Gasteiger partial charge in [0.2, 0.25) is 0 Å². The van der Waals surface area contributed by atoms with Gasteiger partial charge in [0.1, 0.15) is 17.2 Å². The summed E-state index contributed by atoms with van der Waals surface area (Å²) in [4.78, 5) is 1.41. The number of phenols is 1. The first-order valence-electron chi connectivity index (χ1n) is 16.8. The van der Waals surface area contributed by atoms with Crippen LogP contribution in [0.25, 0.3) is 33.0 Å². The monoisotopic (exact) mass is 620 g/mol. The minimum absolute atomic E-state index is 0.128. The van der Waals surface area contributed by atoms with E-state index in [2.05, 4.69) is 88.8 Å². The molecule has 4 aromatic rings. The zero-order valence-corrected chi connectivity index (χ0v) is 28.9. The van der Waals surface area contributed by atoms with Crippen LogP contribution in [0.1, 0.15) is 95.8 Å². The van der Waals surface area contributed by atoms with Crippen LogP contribution in [-0.4, -0.2) is 24.6 Å². The highest BCUT2D eigenvalue weighted by Crippen LogP contribution is 2.65. The normalized spacial score (nSPS) is 19.8. The second kappa shape index (κ2) is 11.0. The van der Waals surface area contributed by atoms with Gasteiger partial charge in [0.15, 0.2) is 0 Å². The average molecular weight is 621 g/mol. The smallest absolute Gasteiger partial charge is 0.130 e. The van der Waals surface area contributed by atoms with E-state index in [1.807, 2.05) is 12.1 Å². The molecule has 1 N–H and O–H groups in total. The average Bonchev–Trinajstić information content (AvgIpc) is 3.22. The fourth-order valence-electron chi connectivity index (χ4n) is 9.77. The van der Waals surface area contributed by atoms with Crippen molar-refractivity contribution in [2.24, 2.45) is 10.8 Å². The molecule has 0 aromatic heterocycles. The molecule has 1 spiro atoms. The maximum atomic E-state index is 11.9. The Morgan fingerprint density at radius 2 is 1.42 bits per heavy atom. The van der Waals surface area contributed by atoms with E-state index in [-0.39, 0.29) is 16.2 Å². The second-order valence-electron chi connectivity index (χ2n) is 15.6. The van der Waals surface area contributed by atoms with Crippen LogP contribution in [-0.2, 0) is 5.41 Å². The third-order valence-electron chi connectivity index (χ3n) is 10.8. The van der Waals surface area contributed by atoms with Gasteiger partial charge in [-0.3, -0.25) is 0 Å². The van der Waals surface area contributed by atoms with Gasteiger partial charge in [0, 0.05) is 32.6 Å². The lowest BCUT2D eigenvalue weighted by atomic mass is 9.52.